The summed E-state index contributed by atoms with van der Waals surface area (Å²) < 4.78 is 253. The van der Waals surface area contributed by atoms with E-state index in [9.17, 15) is 88.2 Å². The Labute approximate surface area is 189 Å². The van der Waals surface area contributed by atoms with Crippen LogP contribution in [0.1, 0.15) is 6.92 Å². The van der Waals surface area contributed by atoms with Crippen molar-refractivity contribution < 1.29 is 102 Å². The molecule has 0 amide bonds. The second kappa shape index (κ2) is 9.52. The van der Waals surface area contributed by atoms with Gasteiger partial charge in [0.2, 0.25) is 0 Å². The number of hydrogen-bond donors (Lipinski definition) is 0. The first-order valence-electron chi connectivity index (χ1n) is 8.06. The van der Waals surface area contributed by atoms with Crippen LogP contribution < -0.4 is 0 Å². The van der Waals surface area contributed by atoms with Crippen molar-refractivity contribution in [1.82, 2.24) is 0 Å². The molecular formula is C14H7F19O4. The summed E-state index contributed by atoms with van der Waals surface area (Å²) in [5.74, 6) is -36.0. The average Bonchev–Trinajstić information content (AvgIpc) is 2.62. The number of alkyl halides is 19. The van der Waals surface area contributed by atoms with E-state index in [1.54, 1.807) is 0 Å². The molecule has 0 heterocycles. The van der Waals surface area contributed by atoms with E-state index < -0.39 is 72.5 Å². The van der Waals surface area contributed by atoms with Crippen LogP contribution in [0.25, 0.3) is 0 Å². The highest BCUT2D eigenvalue weighted by Gasteiger charge is 2.92. The summed E-state index contributed by atoms with van der Waals surface area (Å²) in [6.45, 7) is 0.769. The van der Waals surface area contributed by atoms with E-state index in [-0.39, 0.29) is 0 Å². The van der Waals surface area contributed by atoms with Crippen molar-refractivity contribution in [2.45, 2.75) is 61.2 Å². The van der Waals surface area contributed by atoms with Gasteiger partial charge >= 0.3 is 60.3 Å². The first-order valence-corrected chi connectivity index (χ1v) is 8.06. The minimum atomic E-state index is -8.71. The standard InChI is InChI=1S/C14H7F19O4/c1-4(2)5(34)35-3-6(15,16)36-13(30,31)14(32,33)37-12(28,29)10(23,24)8(19,20)7(17,18)9(21,22)11(25,26)27/h1,3H2,2H3. The maximum Gasteiger partial charge on any atom is 0.460 e. The highest BCUT2D eigenvalue weighted by atomic mass is 19.4. The topological polar surface area (TPSA) is 44.8 Å². The molecule has 0 N–H and O–H groups in total. The molecule has 0 aromatic rings. The molecule has 0 fully saturated rings. The molecule has 37 heavy (non-hydrogen) atoms. The van der Waals surface area contributed by atoms with Crippen molar-refractivity contribution in [2.75, 3.05) is 6.61 Å². The van der Waals surface area contributed by atoms with Crippen LogP contribution in [0.3, 0.4) is 0 Å². The first-order chi connectivity index (χ1) is 15.7. The normalized spacial score (nSPS) is 15.6. The molecule has 220 valence electrons. The summed E-state index contributed by atoms with van der Waals surface area (Å²) in [7, 11) is 0. The molecule has 0 aliphatic carbocycles. The smallest absolute Gasteiger partial charge is 0.453 e. The molecular weight excluding hydrogens is 593 g/mol. The highest BCUT2D eigenvalue weighted by molar-refractivity contribution is 5.86. The van der Waals surface area contributed by atoms with E-state index >= 15 is 0 Å². The second-order valence-electron chi connectivity index (χ2n) is 6.54. The third-order valence-electron chi connectivity index (χ3n) is 3.50. The van der Waals surface area contributed by atoms with Gasteiger partial charge in [-0.05, 0) is 6.92 Å². The van der Waals surface area contributed by atoms with E-state index in [1.807, 2.05) is 4.74 Å². The molecule has 0 aliphatic heterocycles. The zero-order chi connectivity index (χ0) is 30.5. The fraction of sp³-hybridized carbons (Fsp3) is 0.786. The van der Waals surface area contributed by atoms with Crippen LogP contribution in [0.2, 0.25) is 0 Å². The third-order valence-corrected chi connectivity index (χ3v) is 3.50. The monoisotopic (exact) mass is 600 g/mol. The Kier molecular flexibility index (Phi) is 8.95. The van der Waals surface area contributed by atoms with Crippen LogP contribution in [0.5, 0.6) is 0 Å². The fourth-order valence-electron chi connectivity index (χ4n) is 1.59. The van der Waals surface area contributed by atoms with Crippen molar-refractivity contribution in [3.8, 4) is 0 Å². The molecule has 0 bridgehead atoms. The second-order valence-corrected chi connectivity index (χ2v) is 6.54. The van der Waals surface area contributed by atoms with Crippen LogP contribution in [0.4, 0.5) is 83.4 Å². The molecule has 0 unspecified atom stereocenters. The number of rotatable bonds is 12. The van der Waals surface area contributed by atoms with Crippen molar-refractivity contribution in [3.63, 3.8) is 0 Å². The Morgan fingerprint density at radius 2 is 0.919 bits per heavy atom. The Hall–Kier alpha value is -2.20. The lowest BCUT2D eigenvalue weighted by Crippen LogP contribution is -2.71. The number of esters is 1. The van der Waals surface area contributed by atoms with Gasteiger partial charge in [0, 0.05) is 5.57 Å². The Bertz CT molecular complexity index is 859. The van der Waals surface area contributed by atoms with Gasteiger partial charge in [-0.2, -0.15) is 83.4 Å². The van der Waals surface area contributed by atoms with Gasteiger partial charge in [0.1, 0.15) is 0 Å². The Morgan fingerprint density at radius 3 is 1.27 bits per heavy atom. The van der Waals surface area contributed by atoms with Gasteiger partial charge in [0.05, 0.1) is 0 Å². The zero-order valence-corrected chi connectivity index (χ0v) is 16.7. The lowest BCUT2D eigenvalue weighted by atomic mass is 9.97. The summed E-state index contributed by atoms with van der Waals surface area (Å²) >= 11 is 0. The minimum absolute atomic E-state index is 0.730. The van der Waals surface area contributed by atoms with Gasteiger partial charge in [-0.3, -0.25) is 0 Å². The molecule has 0 saturated heterocycles. The number of carbonyl (C=O) groups is 1. The zero-order valence-electron chi connectivity index (χ0n) is 16.7. The maximum absolute atomic E-state index is 13.3. The summed E-state index contributed by atoms with van der Waals surface area (Å²) in [6.07, 6.45) is -37.0. The molecule has 23 heteroatoms. The summed E-state index contributed by atoms with van der Waals surface area (Å²) in [4.78, 5) is 10.8. The molecule has 0 aromatic carbocycles. The fourth-order valence-corrected chi connectivity index (χ4v) is 1.59. The van der Waals surface area contributed by atoms with Crippen molar-refractivity contribution in [1.29, 1.82) is 0 Å². The average molecular weight is 600 g/mol. The lowest BCUT2D eigenvalue weighted by Gasteiger charge is -2.40. The quantitative estimate of drug-likeness (QED) is 0.144. The minimum Gasteiger partial charge on any atom is -0.453 e. The predicted molar refractivity (Wildman–Crippen MR) is 73.6 cm³/mol. The Balaban J connectivity index is 6.21. The number of ether oxygens (including phenoxy) is 3. The molecule has 0 aromatic heterocycles. The van der Waals surface area contributed by atoms with E-state index in [0.717, 1.165) is 6.92 Å². The summed E-state index contributed by atoms with van der Waals surface area (Å²) in [6, 6.07) is 0. The van der Waals surface area contributed by atoms with Crippen LogP contribution in [-0.2, 0) is 19.0 Å². The largest absolute Gasteiger partial charge is 0.460 e. The molecule has 0 aliphatic rings. The lowest BCUT2D eigenvalue weighted by molar-refractivity contribution is -0.544. The van der Waals surface area contributed by atoms with Crippen molar-refractivity contribution in [2.24, 2.45) is 0 Å². The Morgan fingerprint density at radius 1 is 0.568 bits per heavy atom. The number of carbonyl (C=O) groups excluding carboxylic acids is 1. The summed E-state index contributed by atoms with van der Waals surface area (Å²) in [5.41, 5.74) is -0.730. The van der Waals surface area contributed by atoms with Crippen LogP contribution in [0.15, 0.2) is 12.2 Å². The maximum atomic E-state index is 13.3. The van der Waals surface area contributed by atoms with Crippen molar-refractivity contribution >= 4 is 5.97 Å². The van der Waals surface area contributed by atoms with Gasteiger partial charge in [0.15, 0.2) is 6.61 Å². The molecule has 0 atom stereocenters. The molecule has 0 spiro atoms. The van der Waals surface area contributed by atoms with Gasteiger partial charge in [-0.25, -0.2) is 14.3 Å². The van der Waals surface area contributed by atoms with Crippen molar-refractivity contribution in [3.05, 3.63) is 12.2 Å². The molecule has 0 radical (unpaired) electrons. The van der Waals surface area contributed by atoms with E-state index in [2.05, 4.69) is 11.3 Å². The number of hydrogen-bond acceptors (Lipinski definition) is 4. The molecule has 4 nitrogen and oxygen atoms in total. The van der Waals surface area contributed by atoms with Gasteiger partial charge in [0.25, 0.3) is 0 Å². The van der Waals surface area contributed by atoms with E-state index in [1.165, 1.54) is 4.74 Å². The van der Waals surface area contributed by atoms with Crippen LogP contribution >= 0.6 is 0 Å². The predicted octanol–water partition coefficient (Wildman–Crippen LogP) is 6.61. The van der Waals surface area contributed by atoms with E-state index in [4.69, 9.17) is 0 Å². The SMILES string of the molecule is C=C(C)C(=O)OCC(F)(F)OC(F)(F)C(F)(F)OC(F)(F)C(F)(F)C(F)(F)C(F)(F)C(F)(F)C(F)(F)F. The van der Waals surface area contributed by atoms with Gasteiger partial charge < -0.3 is 4.74 Å². The molecule has 0 rings (SSSR count). The number of halogens is 19. The summed E-state index contributed by atoms with van der Waals surface area (Å²) in [5, 5.41) is 0. The third kappa shape index (κ3) is 6.28. The first kappa shape index (κ1) is 34.8. The van der Waals surface area contributed by atoms with Gasteiger partial charge in [-0.15, -0.1) is 0 Å². The van der Waals surface area contributed by atoms with Crippen LogP contribution in [0, 0.1) is 0 Å². The molecule has 0 saturated carbocycles. The van der Waals surface area contributed by atoms with Gasteiger partial charge in [-0.1, -0.05) is 6.58 Å². The highest BCUT2D eigenvalue weighted by Crippen LogP contribution is 2.61. The van der Waals surface area contributed by atoms with Crippen LogP contribution in [-0.4, -0.2) is 66.9 Å². The van der Waals surface area contributed by atoms with E-state index in [0.29, 0.717) is 0 Å².